The van der Waals surface area contributed by atoms with Crippen LogP contribution in [-0.4, -0.2) is 11.1 Å². The van der Waals surface area contributed by atoms with E-state index in [0.717, 1.165) is 12.8 Å². The summed E-state index contributed by atoms with van der Waals surface area (Å²) in [4.78, 5) is 10.1. The molecule has 3 heteroatoms. The summed E-state index contributed by atoms with van der Waals surface area (Å²) in [5, 5.41) is 8.35. The monoisotopic (exact) mass is 300 g/mol. The molecular weight excluding hydrogens is 279 g/mol. The van der Waals surface area contributed by atoms with Crippen molar-refractivity contribution in [1.29, 1.82) is 0 Å². The van der Waals surface area contributed by atoms with Crippen LogP contribution in [0.4, 0.5) is 0 Å². The van der Waals surface area contributed by atoms with E-state index in [-0.39, 0.29) is 24.0 Å². The Morgan fingerprint density at radius 1 is 1.00 bits per heavy atom. The van der Waals surface area contributed by atoms with Gasteiger partial charge < -0.3 is 5.11 Å². The van der Waals surface area contributed by atoms with Crippen molar-refractivity contribution in [2.45, 2.75) is 58.3 Å². The molecule has 0 atom stereocenters. The summed E-state index contributed by atoms with van der Waals surface area (Å²) < 4.78 is 0. The second-order valence-corrected chi connectivity index (χ2v) is 3.27. The molecule has 13 heavy (non-hydrogen) atoms. The van der Waals surface area contributed by atoms with Crippen LogP contribution in [-0.2, 0) is 4.79 Å². The van der Waals surface area contributed by atoms with Crippen LogP contribution in [0, 0.1) is 0 Å². The maximum absolute atomic E-state index is 10.1. The Morgan fingerprint density at radius 3 is 1.92 bits per heavy atom. The minimum atomic E-state index is -0.663. The van der Waals surface area contributed by atoms with Gasteiger partial charge in [0, 0.05) is 6.42 Å². The molecule has 2 nitrogen and oxygen atoms in total. The third-order valence-electron chi connectivity index (χ3n) is 1.99. The van der Waals surface area contributed by atoms with Crippen molar-refractivity contribution in [3.8, 4) is 0 Å². The highest BCUT2D eigenvalue weighted by Crippen LogP contribution is 2.07. The van der Waals surface area contributed by atoms with Crippen LogP contribution in [0.25, 0.3) is 0 Å². The fraction of sp³-hybridized carbons (Fsp3) is 0.900. The number of carboxylic acid groups (broad SMARTS) is 1. The molecule has 0 fully saturated rings. The molecule has 80 valence electrons. The lowest BCUT2D eigenvalue weighted by molar-refractivity contribution is -0.137. The van der Waals surface area contributed by atoms with Gasteiger partial charge in [0.05, 0.1) is 0 Å². The van der Waals surface area contributed by atoms with Crippen LogP contribution < -0.4 is 0 Å². The topological polar surface area (TPSA) is 37.3 Å². The van der Waals surface area contributed by atoms with Gasteiger partial charge in [0.25, 0.3) is 0 Å². The number of hydrogen-bond donors (Lipinski definition) is 1. The molecule has 0 aliphatic carbocycles. The number of aliphatic carboxylic acids is 1. The summed E-state index contributed by atoms with van der Waals surface area (Å²) in [5.74, 6) is -0.663. The maximum atomic E-state index is 10.1. The molecule has 0 bridgehead atoms. The average Bonchev–Trinajstić information content (AvgIpc) is 2.02. The minimum Gasteiger partial charge on any atom is -0.481 e. The zero-order chi connectivity index (χ0) is 9.23. The first-order valence-electron chi connectivity index (χ1n) is 4.99. The molecule has 0 aliphatic rings. The van der Waals surface area contributed by atoms with Crippen molar-refractivity contribution in [3.05, 3.63) is 0 Å². The number of carbonyl (C=O) groups is 1. The quantitative estimate of drug-likeness (QED) is 0.546. The van der Waals surface area contributed by atoms with Crippen LogP contribution in [0.3, 0.4) is 0 Å². The van der Waals surface area contributed by atoms with Gasteiger partial charge in [-0.2, -0.15) is 0 Å². The highest BCUT2D eigenvalue weighted by molar-refractivity contribution is 14.0. The van der Waals surface area contributed by atoms with E-state index in [1.807, 2.05) is 0 Å². The molecule has 0 unspecified atom stereocenters. The second kappa shape index (κ2) is 12.2. The number of hydrogen-bond acceptors (Lipinski definition) is 1. The summed E-state index contributed by atoms with van der Waals surface area (Å²) in [6.07, 6.45) is 8.64. The second-order valence-electron chi connectivity index (χ2n) is 3.27. The molecule has 0 aliphatic heterocycles. The molecule has 1 N–H and O–H groups in total. The van der Waals surface area contributed by atoms with Gasteiger partial charge in [-0.1, -0.05) is 45.4 Å². The van der Waals surface area contributed by atoms with Gasteiger partial charge in [-0.3, -0.25) is 4.79 Å². The van der Waals surface area contributed by atoms with Gasteiger partial charge in [0.1, 0.15) is 0 Å². The predicted molar refractivity (Wildman–Crippen MR) is 65.7 cm³/mol. The van der Waals surface area contributed by atoms with E-state index >= 15 is 0 Å². The summed E-state index contributed by atoms with van der Waals surface area (Å²) in [5.41, 5.74) is 0. The van der Waals surface area contributed by atoms with Crippen LogP contribution in [0.1, 0.15) is 58.3 Å². The van der Waals surface area contributed by atoms with Gasteiger partial charge >= 0.3 is 5.97 Å². The third kappa shape index (κ3) is 15.0. The van der Waals surface area contributed by atoms with Crippen LogP contribution in [0.15, 0.2) is 0 Å². The van der Waals surface area contributed by atoms with Crippen molar-refractivity contribution in [3.63, 3.8) is 0 Å². The number of carboxylic acids is 1. The molecule has 0 rings (SSSR count). The molecule has 0 spiro atoms. The van der Waals surface area contributed by atoms with Gasteiger partial charge in [0.2, 0.25) is 0 Å². The molecule has 0 aromatic heterocycles. The van der Waals surface area contributed by atoms with Gasteiger partial charge in [0.15, 0.2) is 0 Å². The highest BCUT2D eigenvalue weighted by Gasteiger charge is 1.95. The van der Waals surface area contributed by atoms with E-state index in [4.69, 9.17) is 5.11 Å². The molecule has 0 aromatic carbocycles. The van der Waals surface area contributed by atoms with Gasteiger partial charge in [-0.15, -0.1) is 24.0 Å². The van der Waals surface area contributed by atoms with Crippen molar-refractivity contribution < 1.29 is 9.90 Å². The fourth-order valence-corrected chi connectivity index (χ4v) is 1.23. The first kappa shape index (κ1) is 15.7. The van der Waals surface area contributed by atoms with Crippen molar-refractivity contribution in [2.75, 3.05) is 0 Å². The molecule has 0 saturated carbocycles. The average molecular weight is 300 g/mol. The lowest BCUT2D eigenvalue weighted by Crippen LogP contribution is -1.93. The predicted octanol–water partition coefficient (Wildman–Crippen LogP) is 3.83. The zero-order valence-electron chi connectivity index (χ0n) is 8.42. The van der Waals surface area contributed by atoms with E-state index in [9.17, 15) is 4.79 Å². The normalized spacial score (nSPS) is 9.31. The fourth-order valence-electron chi connectivity index (χ4n) is 1.23. The molecular formula is C10H21IO2. The standard InChI is InChI=1S/C10H20O2.HI/c1-2-3-4-5-6-7-8-9-10(11)12;/h2-9H2,1H3,(H,11,12);1H. The van der Waals surface area contributed by atoms with Crippen LogP contribution >= 0.6 is 24.0 Å². The SMILES string of the molecule is CCCCCCCCCC(=O)O.I. The Bertz CT molecular complexity index is 115. The van der Waals surface area contributed by atoms with Crippen molar-refractivity contribution >= 4 is 29.9 Å². The Hall–Kier alpha value is 0.200. The van der Waals surface area contributed by atoms with Crippen LogP contribution in [0.2, 0.25) is 0 Å². The van der Waals surface area contributed by atoms with Gasteiger partial charge in [-0.25, -0.2) is 0 Å². The first-order valence-corrected chi connectivity index (χ1v) is 4.99. The number of halogens is 1. The van der Waals surface area contributed by atoms with E-state index in [0.29, 0.717) is 6.42 Å². The molecule has 0 saturated heterocycles. The van der Waals surface area contributed by atoms with E-state index in [1.54, 1.807) is 0 Å². The summed E-state index contributed by atoms with van der Waals surface area (Å²) in [6, 6.07) is 0. The minimum absolute atomic E-state index is 0. The largest absolute Gasteiger partial charge is 0.481 e. The van der Waals surface area contributed by atoms with Gasteiger partial charge in [-0.05, 0) is 6.42 Å². The Morgan fingerprint density at radius 2 is 1.46 bits per heavy atom. The van der Waals surface area contributed by atoms with Crippen molar-refractivity contribution in [2.24, 2.45) is 0 Å². The summed E-state index contributed by atoms with van der Waals surface area (Å²) in [7, 11) is 0. The summed E-state index contributed by atoms with van der Waals surface area (Å²) in [6.45, 7) is 2.20. The van der Waals surface area contributed by atoms with E-state index in [1.165, 1.54) is 32.1 Å². The van der Waals surface area contributed by atoms with E-state index < -0.39 is 5.97 Å². The maximum Gasteiger partial charge on any atom is 0.303 e. The smallest absolute Gasteiger partial charge is 0.303 e. The Labute approximate surface area is 98.1 Å². The molecule has 0 amide bonds. The highest BCUT2D eigenvalue weighted by atomic mass is 127. The van der Waals surface area contributed by atoms with Crippen molar-refractivity contribution in [1.82, 2.24) is 0 Å². The number of unbranched alkanes of at least 4 members (excludes halogenated alkanes) is 6. The molecule has 0 heterocycles. The van der Waals surface area contributed by atoms with E-state index in [2.05, 4.69) is 6.92 Å². The lowest BCUT2D eigenvalue weighted by atomic mass is 10.1. The summed E-state index contributed by atoms with van der Waals surface area (Å²) >= 11 is 0. The molecule has 0 aromatic rings. The first-order chi connectivity index (χ1) is 5.77. The Balaban J connectivity index is 0. The van der Waals surface area contributed by atoms with Crippen LogP contribution in [0.5, 0.6) is 0 Å². The zero-order valence-corrected chi connectivity index (χ0v) is 10.8. The number of rotatable bonds is 8. The lowest BCUT2D eigenvalue weighted by Gasteiger charge is -1.98. The Kier molecular flexibility index (Phi) is 14.7. The molecule has 0 radical (unpaired) electrons. The third-order valence-corrected chi connectivity index (χ3v) is 1.99.